The van der Waals surface area contributed by atoms with Gasteiger partial charge < -0.3 is 32.6 Å². The van der Waals surface area contributed by atoms with Crippen LogP contribution in [0.4, 0.5) is 0 Å². The van der Waals surface area contributed by atoms with Gasteiger partial charge in [0.1, 0.15) is 18.1 Å². The van der Waals surface area contributed by atoms with E-state index >= 15 is 0 Å². The third-order valence-electron chi connectivity index (χ3n) is 9.49. The second-order valence-electron chi connectivity index (χ2n) is 14.5. The molecule has 2 aliphatic rings. The summed E-state index contributed by atoms with van der Waals surface area (Å²) in [6.07, 6.45) is 1.47. The van der Waals surface area contributed by atoms with Crippen LogP contribution in [-0.2, 0) is 34.5 Å². The van der Waals surface area contributed by atoms with E-state index in [4.69, 9.17) is 27.8 Å². The van der Waals surface area contributed by atoms with Crippen molar-refractivity contribution in [1.82, 2.24) is 0 Å². The molecule has 2 saturated heterocycles. The molecule has 0 bridgehead atoms. The summed E-state index contributed by atoms with van der Waals surface area (Å²) >= 11 is 0. The fourth-order valence-electron chi connectivity index (χ4n) is 4.71. The van der Waals surface area contributed by atoms with Crippen molar-refractivity contribution in [3.05, 3.63) is 29.8 Å². The molecule has 1 aromatic rings. The summed E-state index contributed by atoms with van der Waals surface area (Å²) in [7, 11) is -2.40. The van der Waals surface area contributed by atoms with E-state index in [-0.39, 0.29) is 46.7 Å². The number of hydrogen-bond donors (Lipinski definition) is 0. The molecule has 0 spiro atoms. The van der Waals surface area contributed by atoms with Gasteiger partial charge in [0, 0.05) is 19.3 Å². The molecule has 7 nitrogen and oxygen atoms in total. The van der Waals surface area contributed by atoms with Gasteiger partial charge in [-0.25, -0.2) is 0 Å². The smallest absolute Gasteiger partial charge is 0.192 e. The first-order chi connectivity index (χ1) is 18.5. The average Bonchev–Trinajstić information content (AvgIpc) is 2.85. The van der Waals surface area contributed by atoms with E-state index < -0.39 is 16.6 Å². The molecule has 0 unspecified atom stereocenters. The fourth-order valence-corrected chi connectivity index (χ4v) is 7.08. The lowest BCUT2D eigenvalue weighted by atomic mass is 9.89. The first-order valence-electron chi connectivity index (χ1n) is 14.8. The quantitative estimate of drug-likeness (QED) is 0.204. The van der Waals surface area contributed by atoms with Gasteiger partial charge in [0.05, 0.1) is 50.8 Å². The molecule has 2 fully saturated rings. The van der Waals surface area contributed by atoms with E-state index in [9.17, 15) is 4.79 Å². The lowest BCUT2D eigenvalue weighted by Gasteiger charge is -2.50. The van der Waals surface area contributed by atoms with Gasteiger partial charge in [-0.15, -0.1) is 0 Å². The highest BCUT2D eigenvalue weighted by Crippen LogP contribution is 2.42. The summed E-state index contributed by atoms with van der Waals surface area (Å²) < 4.78 is 38.6. The zero-order chi connectivity index (χ0) is 29.9. The van der Waals surface area contributed by atoms with Crippen molar-refractivity contribution < 1.29 is 32.6 Å². The lowest BCUT2D eigenvalue weighted by molar-refractivity contribution is -0.252. The zero-order valence-corrected chi connectivity index (χ0v) is 28.7. The van der Waals surface area contributed by atoms with Crippen LogP contribution in [0.2, 0.25) is 36.3 Å². The molecular weight excluding hydrogens is 541 g/mol. The normalized spacial score (nSPS) is 28.2. The van der Waals surface area contributed by atoms with Gasteiger partial charge in [-0.1, -0.05) is 53.7 Å². The van der Waals surface area contributed by atoms with Crippen LogP contribution < -0.4 is 4.74 Å². The van der Waals surface area contributed by atoms with E-state index in [2.05, 4.69) is 67.7 Å². The highest BCUT2D eigenvalue weighted by atomic mass is 28.4. The Hall–Kier alpha value is -1.08. The van der Waals surface area contributed by atoms with Gasteiger partial charge in [-0.3, -0.25) is 0 Å². The fraction of sp³-hybridized carbons (Fsp3) is 0.774. The van der Waals surface area contributed by atoms with Crippen LogP contribution in [0, 0.1) is 0 Å². The summed E-state index contributed by atoms with van der Waals surface area (Å²) in [5.41, 5.74) is 1.04. The highest BCUT2D eigenvalue weighted by Gasteiger charge is 2.50. The summed E-state index contributed by atoms with van der Waals surface area (Å²) in [5, 5.41) is 0.179. The van der Waals surface area contributed by atoms with Gasteiger partial charge >= 0.3 is 0 Å². The van der Waals surface area contributed by atoms with Crippen molar-refractivity contribution >= 4 is 22.9 Å². The molecule has 1 aromatic carbocycles. The molecule has 0 aromatic heterocycles. The summed E-state index contributed by atoms with van der Waals surface area (Å²) in [6, 6.07) is 7.84. The molecule has 40 heavy (non-hydrogen) atoms. The number of carbonyl (C=O) groups excluding carboxylic acids is 1. The van der Waals surface area contributed by atoms with Crippen molar-refractivity contribution in [2.24, 2.45) is 0 Å². The monoisotopic (exact) mass is 594 g/mol. The van der Waals surface area contributed by atoms with Crippen LogP contribution in [0.3, 0.4) is 0 Å². The third kappa shape index (κ3) is 8.27. The van der Waals surface area contributed by atoms with Crippen molar-refractivity contribution in [2.45, 2.75) is 140 Å². The molecule has 0 N–H and O–H groups in total. The minimum Gasteiger partial charge on any atom is -0.497 e. The molecule has 9 heteroatoms. The number of fused-ring (bicyclic) bond motifs is 1. The van der Waals surface area contributed by atoms with Crippen molar-refractivity contribution in [3.8, 4) is 5.75 Å². The topological polar surface area (TPSA) is 72.5 Å². The highest BCUT2D eigenvalue weighted by molar-refractivity contribution is 6.74. The first kappa shape index (κ1) is 33.4. The Balaban J connectivity index is 1.77. The maximum atomic E-state index is 11.6. The van der Waals surface area contributed by atoms with Gasteiger partial charge in [0.15, 0.2) is 16.6 Å². The van der Waals surface area contributed by atoms with Gasteiger partial charge in [-0.05, 0) is 54.0 Å². The molecule has 0 amide bonds. The van der Waals surface area contributed by atoms with Crippen LogP contribution in [-0.4, -0.2) is 73.3 Å². The van der Waals surface area contributed by atoms with Crippen LogP contribution in [0.5, 0.6) is 5.75 Å². The average molecular weight is 595 g/mol. The molecule has 0 aliphatic carbocycles. The lowest BCUT2D eigenvalue weighted by Crippen LogP contribution is -2.60. The number of methoxy groups -OCH3 is 1. The van der Waals surface area contributed by atoms with E-state index in [1.54, 1.807) is 7.11 Å². The van der Waals surface area contributed by atoms with E-state index in [1.165, 1.54) is 0 Å². The van der Waals surface area contributed by atoms with Crippen molar-refractivity contribution in [1.29, 1.82) is 0 Å². The maximum Gasteiger partial charge on any atom is 0.192 e. The van der Waals surface area contributed by atoms with Crippen LogP contribution in [0.1, 0.15) is 66.4 Å². The Kier molecular flexibility index (Phi) is 10.9. The zero-order valence-electron chi connectivity index (χ0n) is 26.7. The minimum absolute atomic E-state index is 0.0720. The Morgan fingerprint density at radius 3 is 1.93 bits per heavy atom. The molecule has 0 radical (unpaired) electrons. The van der Waals surface area contributed by atoms with Gasteiger partial charge in [0.25, 0.3) is 0 Å². The largest absolute Gasteiger partial charge is 0.497 e. The van der Waals surface area contributed by atoms with Gasteiger partial charge in [-0.2, -0.15) is 0 Å². The Labute approximate surface area is 244 Å². The van der Waals surface area contributed by atoms with Crippen LogP contribution in [0.25, 0.3) is 0 Å². The Bertz CT molecular complexity index is 952. The Morgan fingerprint density at radius 2 is 1.40 bits per heavy atom. The summed E-state index contributed by atoms with van der Waals surface area (Å²) in [6.45, 7) is 23.6. The Morgan fingerprint density at radius 1 is 0.850 bits per heavy atom. The molecule has 2 heterocycles. The number of benzene rings is 1. The molecular formula is C31H54O7Si2. The second kappa shape index (κ2) is 13.1. The van der Waals surface area contributed by atoms with E-state index in [1.807, 2.05) is 24.3 Å². The van der Waals surface area contributed by atoms with E-state index in [0.29, 0.717) is 26.1 Å². The number of aldehydes is 1. The summed E-state index contributed by atoms with van der Waals surface area (Å²) in [4.78, 5) is 11.6. The first-order valence-corrected chi connectivity index (χ1v) is 20.6. The number of hydrogen-bond acceptors (Lipinski definition) is 7. The standard InChI is InChI=1S/C31H54O7Si2/c1-30(2,3)39(8,9)35-21-29-28(38-40(10,11)31(4,5)6)19-27-26(37-29)18-25(24(36-27)16-17-32)34-20-22-12-14-23(33-7)15-13-22/h12-15,17,24-29H,16,18-21H2,1-11H3/t24-,25-,26-,27-,28-,29+/m0/s1. The number of carbonyl (C=O) groups is 1. The maximum absolute atomic E-state index is 11.6. The molecule has 0 saturated carbocycles. The molecule has 228 valence electrons. The summed E-state index contributed by atoms with van der Waals surface area (Å²) in [5.74, 6) is 0.808. The van der Waals surface area contributed by atoms with Crippen LogP contribution >= 0.6 is 0 Å². The predicted octanol–water partition coefficient (Wildman–Crippen LogP) is 6.90. The van der Waals surface area contributed by atoms with Crippen molar-refractivity contribution in [2.75, 3.05) is 13.7 Å². The second-order valence-corrected chi connectivity index (χ2v) is 24.1. The third-order valence-corrected chi connectivity index (χ3v) is 18.5. The predicted molar refractivity (Wildman–Crippen MR) is 164 cm³/mol. The number of ether oxygens (including phenoxy) is 4. The van der Waals surface area contributed by atoms with Crippen molar-refractivity contribution in [3.63, 3.8) is 0 Å². The minimum atomic E-state index is -2.07. The number of rotatable bonds is 11. The molecule has 3 rings (SSSR count). The molecule has 6 atom stereocenters. The van der Waals surface area contributed by atoms with Gasteiger partial charge in [0.2, 0.25) is 0 Å². The van der Waals surface area contributed by atoms with Crippen LogP contribution in [0.15, 0.2) is 24.3 Å². The SMILES string of the molecule is COc1ccc(CO[C@H]2C[C@@H]3O[C@H](CO[Si](C)(C)C(C)(C)C)[C@@H](O[Si](C)(C)C(C)(C)C)C[C@@H]3O[C@H]2CC=O)cc1. The molecule has 2 aliphatic heterocycles. The van der Waals surface area contributed by atoms with E-state index in [0.717, 1.165) is 24.0 Å².